The molecule has 1 rings (SSSR count). The van der Waals surface area contributed by atoms with Crippen molar-refractivity contribution in [3.63, 3.8) is 0 Å². The normalized spacial score (nSPS) is 14.4. The molecule has 1 heterocycles. The van der Waals surface area contributed by atoms with Gasteiger partial charge < -0.3 is 11.1 Å². The molecule has 0 aliphatic rings. The average molecular weight is 286 g/mol. The van der Waals surface area contributed by atoms with Crippen molar-refractivity contribution in [1.29, 1.82) is 0 Å². The van der Waals surface area contributed by atoms with Crippen molar-refractivity contribution in [2.45, 2.75) is 38.4 Å². The number of aromatic nitrogens is 2. The highest BCUT2D eigenvalue weighted by molar-refractivity contribution is 7.84. The first-order valence-electron chi connectivity index (χ1n) is 6.28. The molecule has 1 aromatic heterocycles. The Bertz CT molecular complexity index is 470. The topological polar surface area (TPSA) is 101 Å². The van der Waals surface area contributed by atoms with E-state index < -0.39 is 10.8 Å². The Morgan fingerprint density at radius 3 is 2.58 bits per heavy atom. The van der Waals surface area contributed by atoms with Crippen LogP contribution in [0.15, 0.2) is 0 Å². The van der Waals surface area contributed by atoms with Crippen LogP contribution in [0.3, 0.4) is 0 Å². The summed E-state index contributed by atoms with van der Waals surface area (Å²) in [5, 5.41) is 9.54. The van der Waals surface area contributed by atoms with Gasteiger partial charge in [-0.3, -0.25) is 14.1 Å². The van der Waals surface area contributed by atoms with E-state index >= 15 is 0 Å². The zero-order valence-electron chi connectivity index (χ0n) is 11.8. The Morgan fingerprint density at radius 2 is 2.11 bits per heavy atom. The molecular weight excluding hydrogens is 264 g/mol. The van der Waals surface area contributed by atoms with Crippen LogP contribution in [0, 0.1) is 0 Å². The molecule has 0 aromatic carbocycles. The van der Waals surface area contributed by atoms with Gasteiger partial charge in [-0.15, -0.1) is 0 Å². The average Bonchev–Trinajstić information content (AvgIpc) is 2.70. The molecule has 0 spiro atoms. The summed E-state index contributed by atoms with van der Waals surface area (Å²) in [7, 11) is -0.874. The van der Waals surface area contributed by atoms with Crippen molar-refractivity contribution in [2.75, 3.05) is 18.5 Å². The minimum atomic E-state index is -0.874. The summed E-state index contributed by atoms with van der Waals surface area (Å²) in [6, 6.07) is 0. The molecule has 4 N–H and O–H groups in total. The van der Waals surface area contributed by atoms with Gasteiger partial charge in [-0.05, 0) is 12.3 Å². The van der Waals surface area contributed by atoms with Gasteiger partial charge in [0.05, 0.1) is 11.4 Å². The second-order valence-corrected chi connectivity index (χ2v) is 6.71. The van der Waals surface area contributed by atoms with E-state index in [9.17, 15) is 9.00 Å². The third-order valence-electron chi connectivity index (χ3n) is 3.03. The summed E-state index contributed by atoms with van der Waals surface area (Å²) in [4.78, 5) is 11.9. The predicted molar refractivity (Wildman–Crippen MR) is 77.6 cm³/mol. The first-order valence-corrected chi connectivity index (χ1v) is 7.90. The Balaban J connectivity index is 2.57. The van der Waals surface area contributed by atoms with Crippen LogP contribution in [-0.4, -0.2) is 38.4 Å². The fourth-order valence-corrected chi connectivity index (χ4v) is 2.07. The molecule has 6 nitrogen and oxygen atoms in total. The lowest BCUT2D eigenvalue weighted by molar-refractivity contribution is 0.0949. The first-order chi connectivity index (χ1) is 8.84. The maximum absolute atomic E-state index is 11.9. The predicted octanol–water partition coefficient (Wildman–Crippen LogP) is 1.00. The zero-order chi connectivity index (χ0) is 14.6. The summed E-state index contributed by atoms with van der Waals surface area (Å²) < 4.78 is 11.2. The van der Waals surface area contributed by atoms with E-state index in [1.165, 1.54) is 0 Å². The molecule has 7 heteroatoms. The molecule has 0 radical (unpaired) electrons. The number of hydrogen-bond acceptors (Lipinski definition) is 4. The Hall–Kier alpha value is -1.37. The molecule has 1 aromatic rings. The number of nitrogen functional groups attached to an aromatic ring is 1. The van der Waals surface area contributed by atoms with Gasteiger partial charge in [-0.2, -0.15) is 5.10 Å². The lowest BCUT2D eigenvalue weighted by Crippen LogP contribution is -2.28. The zero-order valence-corrected chi connectivity index (χ0v) is 12.6. The fourth-order valence-electron chi connectivity index (χ4n) is 1.62. The molecule has 2 atom stereocenters. The van der Waals surface area contributed by atoms with E-state index in [1.807, 2.05) is 20.8 Å². The summed E-state index contributed by atoms with van der Waals surface area (Å²) in [6.07, 6.45) is 2.32. The van der Waals surface area contributed by atoms with E-state index in [0.717, 1.165) is 5.69 Å². The highest BCUT2D eigenvalue weighted by Gasteiger charge is 2.18. The second kappa shape index (κ2) is 6.70. The number of rotatable bonds is 6. The van der Waals surface area contributed by atoms with Crippen LogP contribution in [0.4, 0.5) is 5.69 Å². The number of nitrogens with two attached hydrogens (primary N) is 1. The largest absolute Gasteiger partial charge is 0.395 e. The summed E-state index contributed by atoms with van der Waals surface area (Å²) in [5.74, 6) is -0.105. The standard InChI is InChI=1S/C12H22N4O2S/c1-7(2)10-9(13)11(16-15-10)12(17)14-6-5-8(3)19(4)18/h7-8H,5-6,13H2,1-4H3,(H,14,17)(H,15,16). The van der Waals surface area contributed by atoms with Crippen molar-refractivity contribution >= 4 is 22.4 Å². The quantitative estimate of drug-likeness (QED) is 0.726. The third-order valence-corrected chi connectivity index (χ3v) is 4.40. The van der Waals surface area contributed by atoms with Crippen LogP contribution < -0.4 is 11.1 Å². The van der Waals surface area contributed by atoms with Gasteiger partial charge in [0.1, 0.15) is 0 Å². The molecule has 0 saturated heterocycles. The maximum Gasteiger partial charge on any atom is 0.273 e. The molecule has 0 aliphatic heterocycles. The molecule has 2 unspecified atom stereocenters. The fraction of sp³-hybridized carbons (Fsp3) is 0.667. The van der Waals surface area contributed by atoms with Crippen molar-refractivity contribution in [1.82, 2.24) is 15.5 Å². The van der Waals surface area contributed by atoms with Crippen LogP contribution in [0.25, 0.3) is 0 Å². The van der Waals surface area contributed by atoms with Crippen molar-refractivity contribution < 1.29 is 9.00 Å². The van der Waals surface area contributed by atoms with Crippen LogP contribution >= 0.6 is 0 Å². The number of H-pyrrole nitrogens is 1. The van der Waals surface area contributed by atoms with Gasteiger partial charge in [0.15, 0.2) is 5.69 Å². The van der Waals surface area contributed by atoms with Gasteiger partial charge in [-0.25, -0.2) is 0 Å². The minimum Gasteiger partial charge on any atom is -0.395 e. The van der Waals surface area contributed by atoms with Crippen LogP contribution in [0.2, 0.25) is 0 Å². The van der Waals surface area contributed by atoms with E-state index in [1.54, 1.807) is 6.26 Å². The number of carbonyl (C=O) groups excluding carboxylic acids is 1. The van der Waals surface area contributed by atoms with Crippen molar-refractivity contribution in [3.8, 4) is 0 Å². The lowest BCUT2D eigenvalue weighted by atomic mass is 10.1. The van der Waals surface area contributed by atoms with Gasteiger partial charge in [-0.1, -0.05) is 20.8 Å². The van der Waals surface area contributed by atoms with E-state index in [-0.39, 0.29) is 22.8 Å². The van der Waals surface area contributed by atoms with Gasteiger partial charge >= 0.3 is 0 Å². The van der Waals surface area contributed by atoms with E-state index in [2.05, 4.69) is 15.5 Å². The summed E-state index contributed by atoms with van der Waals surface area (Å²) >= 11 is 0. The van der Waals surface area contributed by atoms with E-state index in [0.29, 0.717) is 18.7 Å². The molecule has 19 heavy (non-hydrogen) atoms. The number of nitrogens with one attached hydrogen (secondary N) is 2. The molecule has 0 aliphatic carbocycles. The monoisotopic (exact) mass is 286 g/mol. The summed E-state index contributed by atoms with van der Waals surface area (Å²) in [5.41, 5.74) is 7.29. The molecule has 0 fully saturated rings. The lowest BCUT2D eigenvalue weighted by Gasteiger charge is -2.08. The molecule has 0 saturated carbocycles. The number of amides is 1. The third kappa shape index (κ3) is 4.05. The van der Waals surface area contributed by atoms with Crippen molar-refractivity contribution in [2.24, 2.45) is 0 Å². The van der Waals surface area contributed by atoms with E-state index in [4.69, 9.17) is 5.73 Å². The Morgan fingerprint density at radius 1 is 1.47 bits per heavy atom. The number of nitrogens with zero attached hydrogens (tertiary/aromatic N) is 1. The minimum absolute atomic E-state index is 0.0584. The Kier molecular flexibility index (Phi) is 5.53. The molecular formula is C12H22N4O2S. The van der Waals surface area contributed by atoms with Gasteiger partial charge in [0.2, 0.25) is 0 Å². The Labute approximate surface area is 116 Å². The van der Waals surface area contributed by atoms with Gasteiger partial charge in [0.25, 0.3) is 5.91 Å². The number of carbonyl (C=O) groups is 1. The second-order valence-electron chi connectivity index (χ2n) is 4.91. The highest BCUT2D eigenvalue weighted by atomic mass is 32.2. The molecule has 108 valence electrons. The SMILES string of the molecule is CC(C)c1[nH]nc(C(=O)NCCC(C)S(C)=O)c1N. The maximum atomic E-state index is 11.9. The number of hydrogen-bond donors (Lipinski definition) is 3. The van der Waals surface area contributed by atoms with Crippen molar-refractivity contribution in [3.05, 3.63) is 11.4 Å². The first kappa shape index (κ1) is 15.7. The molecule has 1 amide bonds. The van der Waals surface area contributed by atoms with Gasteiger partial charge in [0, 0.05) is 28.9 Å². The van der Waals surface area contributed by atoms with Crippen LogP contribution in [-0.2, 0) is 10.8 Å². The number of aromatic amines is 1. The highest BCUT2D eigenvalue weighted by Crippen LogP contribution is 2.21. The number of anilines is 1. The van der Waals surface area contributed by atoms with Crippen LogP contribution in [0.5, 0.6) is 0 Å². The molecule has 0 bridgehead atoms. The smallest absolute Gasteiger partial charge is 0.273 e. The summed E-state index contributed by atoms with van der Waals surface area (Å²) in [6.45, 7) is 6.30. The van der Waals surface area contributed by atoms with Crippen LogP contribution in [0.1, 0.15) is 49.3 Å².